The van der Waals surface area contributed by atoms with Gasteiger partial charge in [-0.05, 0) is 49.9 Å². The molecule has 1 saturated carbocycles. The molecule has 2 heterocycles. The van der Waals surface area contributed by atoms with Crippen LogP contribution >= 0.6 is 11.6 Å². The molecule has 0 unspecified atom stereocenters. The fraction of sp³-hybridized carbons (Fsp3) is 0.367. The highest BCUT2D eigenvalue weighted by atomic mass is 35.5. The van der Waals surface area contributed by atoms with Gasteiger partial charge in [-0.3, -0.25) is 14.5 Å². The molecule has 2 aromatic carbocycles. The van der Waals surface area contributed by atoms with Gasteiger partial charge in [0, 0.05) is 48.3 Å². The number of anilines is 2. The lowest BCUT2D eigenvalue weighted by Gasteiger charge is -2.37. The van der Waals surface area contributed by atoms with Gasteiger partial charge in [-0.2, -0.15) is 5.26 Å². The van der Waals surface area contributed by atoms with Crippen LogP contribution in [0, 0.1) is 23.0 Å². The summed E-state index contributed by atoms with van der Waals surface area (Å²) in [5.74, 6) is -6.11. The van der Waals surface area contributed by atoms with Crippen LogP contribution in [0.3, 0.4) is 0 Å². The highest BCUT2D eigenvalue weighted by molar-refractivity contribution is 6.31. The Kier molecular flexibility index (Phi) is 8.82. The van der Waals surface area contributed by atoms with Gasteiger partial charge in [0.05, 0.1) is 5.69 Å². The van der Waals surface area contributed by atoms with Crippen molar-refractivity contribution in [3.05, 3.63) is 82.6 Å². The lowest BCUT2D eigenvalue weighted by molar-refractivity contribution is -0.128. The zero-order chi connectivity index (χ0) is 30.7. The summed E-state index contributed by atoms with van der Waals surface area (Å²) < 4.78 is 56.9. The number of carbonyl (C=O) groups is 2. The Labute approximate surface area is 250 Å². The molecule has 0 radical (unpaired) electrons. The zero-order valence-corrected chi connectivity index (χ0v) is 23.6. The highest BCUT2D eigenvalue weighted by Gasteiger charge is 2.43. The number of rotatable bonds is 7. The van der Waals surface area contributed by atoms with Gasteiger partial charge in [0.1, 0.15) is 35.5 Å². The van der Waals surface area contributed by atoms with Gasteiger partial charge in [-0.25, -0.2) is 27.5 Å². The molecule has 1 saturated heterocycles. The average Bonchev–Trinajstić information content (AvgIpc) is 3.47. The topological polar surface area (TPSA) is 102 Å². The standard InChI is InChI=1S/C30H27ClF4N6O2/c31-24-5-2-1-4-23(24)26(27(42)38-20-7-10-30(34,35)11-8-20)41(22-15-18(32)14-19(33)16-22)28(43)25-6-3-13-40(25)29-37-12-9-21(17-36)39-29/h1-2,4-5,9,12,14-16,20,25-26H,3,6-8,10-11,13H2,(H,38,42)/t25-,26-/m0/s1. The summed E-state index contributed by atoms with van der Waals surface area (Å²) in [6.45, 7) is 0.343. The Balaban J connectivity index is 1.59. The van der Waals surface area contributed by atoms with E-state index in [1.165, 1.54) is 24.4 Å². The third-order valence-corrected chi connectivity index (χ3v) is 8.03. The van der Waals surface area contributed by atoms with Crippen molar-refractivity contribution in [2.45, 2.75) is 62.6 Å². The first-order chi connectivity index (χ1) is 20.6. The molecule has 5 rings (SSSR count). The highest BCUT2D eigenvalue weighted by Crippen LogP contribution is 2.37. The summed E-state index contributed by atoms with van der Waals surface area (Å²) in [5.41, 5.74) is 0.0166. The van der Waals surface area contributed by atoms with Crippen molar-refractivity contribution < 1.29 is 27.2 Å². The molecule has 1 aliphatic heterocycles. The van der Waals surface area contributed by atoms with E-state index in [9.17, 15) is 32.4 Å². The van der Waals surface area contributed by atoms with E-state index in [1.807, 2.05) is 6.07 Å². The summed E-state index contributed by atoms with van der Waals surface area (Å²) in [4.78, 5) is 39.6. The van der Waals surface area contributed by atoms with E-state index in [0.29, 0.717) is 25.5 Å². The number of hydrogen-bond acceptors (Lipinski definition) is 6. The summed E-state index contributed by atoms with van der Waals surface area (Å²) in [7, 11) is 0. The lowest BCUT2D eigenvalue weighted by atomic mass is 9.91. The molecule has 1 aromatic heterocycles. The Hall–Kier alpha value is -4.24. The molecule has 2 atom stereocenters. The number of halogens is 5. The monoisotopic (exact) mass is 614 g/mol. The van der Waals surface area contributed by atoms with Gasteiger partial charge < -0.3 is 10.2 Å². The molecule has 1 N–H and O–H groups in total. The van der Waals surface area contributed by atoms with Gasteiger partial charge in [0.15, 0.2) is 0 Å². The van der Waals surface area contributed by atoms with E-state index in [-0.39, 0.29) is 40.8 Å². The van der Waals surface area contributed by atoms with Crippen LogP contribution in [0.1, 0.15) is 55.8 Å². The van der Waals surface area contributed by atoms with Crippen molar-refractivity contribution in [2.75, 3.05) is 16.3 Å². The van der Waals surface area contributed by atoms with E-state index in [2.05, 4.69) is 15.3 Å². The van der Waals surface area contributed by atoms with Gasteiger partial charge in [-0.1, -0.05) is 29.8 Å². The number of alkyl halides is 2. The molecule has 2 amide bonds. The molecule has 13 heteroatoms. The SMILES string of the molecule is N#Cc1ccnc(N2CCC[C@H]2C(=O)N(c2cc(F)cc(F)c2)[C@H](C(=O)NC2CCC(F)(F)CC2)c2ccccc2Cl)n1. The molecule has 2 fully saturated rings. The maximum absolute atomic E-state index is 14.6. The molecule has 224 valence electrons. The Morgan fingerprint density at radius 2 is 1.79 bits per heavy atom. The molecular weight excluding hydrogens is 588 g/mol. The van der Waals surface area contributed by atoms with Crippen LogP contribution in [0.4, 0.5) is 29.2 Å². The maximum atomic E-state index is 14.6. The Morgan fingerprint density at radius 3 is 2.47 bits per heavy atom. The number of nitrogens with zero attached hydrogens (tertiary/aromatic N) is 5. The van der Waals surface area contributed by atoms with Gasteiger partial charge in [0.2, 0.25) is 17.8 Å². The number of nitrogens with one attached hydrogen (secondary N) is 1. The van der Waals surface area contributed by atoms with Crippen molar-refractivity contribution >= 4 is 35.1 Å². The molecule has 0 bridgehead atoms. The van der Waals surface area contributed by atoms with E-state index >= 15 is 0 Å². The number of amides is 2. The summed E-state index contributed by atoms with van der Waals surface area (Å²) in [5, 5.41) is 12.2. The van der Waals surface area contributed by atoms with Crippen LogP contribution in [0.2, 0.25) is 5.02 Å². The van der Waals surface area contributed by atoms with Crippen LogP contribution in [0.15, 0.2) is 54.7 Å². The smallest absolute Gasteiger partial charge is 0.250 e. The second kappa shape index (κ2) is 12.6. The molecule has 2 aliphatic rings. The minimum absolute atomic E-state index is 0.0134. The van der Waals surface area contributed by atoms with Crippen molar-refractivity contribution in [1.29, 1.82) is 5.26 Å². The average molecular weight is 615 g/mol. The number of nitriles is 1. The lowest BCUT2D eigenvalue weighted by Crippen LogP contribution is -2.53. The number of benzene rings is 2. The molecular formula is C30H27ClF4N6O2. The van der Waals surface area contributed by atoms with E-state index in [4.69, 9.17) is 11.6 Å². The van der Waals surface area contributed by atoms with Crippen LogP contribution in [-0.2, 0) is 9.59 Å². The predicted molar refractivity (Wildman–Crippen MR) is 150 cm³/mol. The number of hydrogen-bond donors (Lipinski definition) is 1. The third-order valence-electron chi connectivity index (χ3n) is 7.68. The van der Waals surface area contributed by atoms with Crippen LogP contribution in [0.25, 0.3) is 0 Å². The molecule has 8 nitrogen and oxygen atoms in total. The first kappa shape index (κ1) is 30.2. The van der Waals surface area contributed by atoms with Gasteiger partial charge in [0.25, 0.3) is 5.91 Å². The zero-order valence-electron chi connectivity index (χ0n) is 22.8. The van der Waals surface area contributed by atoms with E-state index < -0.39 is 60.3 Å². The number of carbonyl (C=O) groups excluding carboxylic acids is 2. The Bertz CT molecular complexity index is 1540. The number of aromatic nitrogens is 2. The molecule has 0 spiro atoms. The van der Waals surface area contributed by atoms with Gasteiger partial charge in [-0.15, -0.1) is 0 Å². The summed E-state index contributed by atoms with van der Waals surface area (Å²) in [6, 6.07) is 9.01. The molecule has 3 aromatic rings. The summed E-state index contributed by atoms with van der Waals surface area (Å²) >= 11 is 6.53. The second-order valence-corrected chi connectivity index (χ2v) is 11.0. The van der Waals surface area contributed by atoms with Crippen LogP contribution in [-0.4, -0.2) is 46.3 Å². The maximum Gasteiger partial charge on any atom is 0.250 e. The minimum Gasteiger partial charge on any atom is -0.351 e. The Morgan fingerprint density at radius 1 is 1.09 bits per heavy atom. The van der Waals surface area contributed by atoms with Crippen LogP contribution in [0.5, 0.6) is 0 Å². The second-order valence-electron chi connectivity index (χ2n) is 10.6. The van der Waals surface area contributed by atoms with Crippen molar-refractivity contribution in [2.24, 2.45) is 0 Å². The molecule has 1 aliphatic carbocycles. The van der Waals surface area contributed by atoms with Gasteiger partial charge >= 0.3 is 0 Å². The molecule has 43 heavy (non-hydrogen) atoms. The predicted octanol–water partition coefficient (Wildman–Crippen LogP) is 5.72. The van der Waals surface area contributed by atoms with Crippen LogP contribution < -0.4 is 15.1 Å². The minimum atomic E-state index is -2.83. The fourth-order valence-electron chi connectivity index (χ4n) is 5.61. The van der Waals surface area contributed by atoms with Crippen molar-refractivity contribution in [1.82, 2.24) is 15.3 Å². The fourth-order valence-corrected chi connectivity index (χ4v) is 5.85. The van der Waals surface area contributed by atoms with Crippen molar-refractivity contribution in [3.63, 3.8) is 0 Å². The first-order valence-corrected chi connectivity index (χ1v) is 14.2. The van der Waals surface area contributed by atoms with Crippen molar-refractivity contribution in [3.8, 4) is 6.07 Å². The van der Waals surface area contributed by atoms with E-state index in [1.54, 1.807) is 17.0 Å². The largest absolute Gasteiger partial charge is 0.351 e. The normalized spacial score (nSPS) is 19.0. The van der Waals surface area contributed by atoms with E-state index in [0.717, 1.165) is 17.0 Å². The summed E-state index contributed by atoms with van der Waals surface area (Å²) in [6.07, 6.45) is 1.41. The first-order valence-electron chi connectivity index (χ1n) is 13.8. The third kappa shape index (κ3) is 6.72. The quantitative estimate of drug-likeness (QED) is 0.342.